The van der Waals surface area contributed by atoms with Crippen LogP contribution in [0.25, 0.3) is 11.0 Å². The van der Waals surface area contributed by atoms with Gasteiger partial charge in [0.05, 0.1) is 17.3 Å². The summed E-state index contributed by atoms with van der Waals surface area (Å²) >= 11 is 5.95. The Kier molecular flexibility index (Phi) is 7.52. The molecular formula is C25H20ClF3N6O3. The van der Waals surface area contributed by atoms with Gasteiger partial charge >= 0.3 is 12.2 Å². The number of benzene rings is 1. The van der Waals surface area contributed by atoms with Gasteiger partial charge in [-0.25, -0.2) is 9.78 Å². The highest BCUT2D eigenvalue weighted by atomic mass is 35.5. The van der Waals surface area contributed by atoms with E-state index in [0.29, 0.717) is 5.39 Å². The van der Waals surface area contributed by atoms with Crippen molar-refractivity contribution < 1.29 is 27.5 Å². The van der Waals surface area contributed by atoms with E-state index in [4.69, 9.17) is 27.3 Å². The fourth-order valence-electron chi connectivity index (χ4n) is 3.93. The number of carbonyl (C=O) groups is 2. The Bertz CT molecular complexity index is 1520. The number of pyridine rings is 1. The van der Waals surface area contributed by atoms with Gasteiger partial charge in [0.25, 0.3) is 0 Å². The number of rotatable bonds is 6. The van der Waals surface area contributed by atoms with Crippen molar-refractivity contribution in [2.75, 3.05) is 20.1 Å². The van der Waals surface area contributed by atoms with Crippen molar-refractivity contribution in [2.24, 2.45) is 11.7 Å². The molecule has 13 heteroatoms. The molecule has 38 heavy (non-hydrogen) atoms. The zero-order chi connectivity index (χ0) is 27.6. The summed E-state index contributed by atoms with van der Waals surface area (Å²) in [6.07, 6.45) is -1.65. The summed E-state index contributed by atoms with van der Waals surface area (Å²) in [5.74, 6) is -3.16. The summed E-state index contributed by atoms with van der Waals surface area (Å²) in [5.41, 5.74) is 4.83. The normalized spacial score (nSPS) is 15.6. The number of Topliss-reactive ketones (excluding diaryl/α,β-unsaturated/α-hetero) is 1. The van der Waals surface area contributed by atoms with E-state index < -0.39 is 35.2 Å². The molecule has 2 N–H and O–H groups in total. The Morgan fingerprint density at radius 2 is 2.11 bits per heavy atom. The number of hydrogen-bond donors (Lipinski definition) is 1. The number of hydrogen-bond acceptors (Lipinski definition) is 7. The minimum absolute atomic E-state index is 0.0470. The lowest BCUT2D eigenvalue weighted by Crippen LogP contribution is -2.35. The highest BCUT2D eigenvalue weighted by molar-refractivity contribution is 6.30. The number of nitrogens with zero attached hydrogens (tertiary/aromatic N) is 5. The van der Waals surface area contributed by atoms with Gasteiger partial charge in [0.15, 0.2) is 11.4 Å². The van der Waals surface area contributed by atoms with Gasteiger partial charge in [-0.15, -0.1) is 0 Å². The fourth-order valence-corrected chi connectivity index (χ4v) is 4.15. The van der Waals surface area contributed by atoms with Crippen molar-refractivity contribution in [1.82, 2.24) is 19.7 Å². The van der Waals surface area contributed by atoms with Crippen molar-refractivity contribution in [1.29, 1.82) is 5.26 Å². The molecular weight excluding hydrogens is 525 g/mol. The van der Waals surface area contributed by atoms with Gasteiger partial charge in [-0.1, -0.05) is 17.7 Å². The molecule has 1 aliphatic rings. The predicted octanol–water partition coefficient (Wildman–Crippen LogP) is 4.01. The fraction of sp³-hybridized carbons (Fsp3) is 0.240. The second-order valence-corrected chi connectivity index (χ2v) is 8.83. The quantitative estimate of drug-likeness (QED) is 0.496. The third-order valence-electron chi connectivity index (χ3n) is 5.73. The molecule has 3 aromatic rings. The van der Waals surface area contributed by atoms with Crippen LogP contribution in [0, 0.1) is 17.2 Å². The molecule has 196 valence electrons. The SMILES string of the molecule is CN(CCN)C(=O)n1nc(CC2C=CC(C(F)(F)F)=C(Oc3cc(Cl)cc(C#N)c3)C2=O)c2cccnc21. The maximum atomic E-state index is 13.8. The molecule has 1 aliphatic carbocycles. The minimum Gasteiger partial charge on any atom is -0.453 e. The number of amides is 1. The van der Waals surface area contributed by atoms with E-state index in [0.717, 1.165) is 16.8 Å². The topological polar surface area (TPSA) is 127 Å². The molecule has 0 saturated heterocycles. The van der Waals surface area contributed by atoms with E-state index in [1.807, 2.05) is 6.07 Å². The first-order chi connectivity index (χ1) is 18.0. The maximum absolute atomic E-state index is 13.8. The van der Waals surface area contributed by atoms with Gasteiger partial charge in [0.2, 0.25) is 5.78 Å². The molecule has 0 radical (unpaired) electrons. The molecule has 1 atom stereocenters. The number of likely N-dealkylation sites (N-methyl/N-ethyl adjacent to an activating group) is 1. The third-order valence-corrected chi connectivity index (χ3v) is 5.95. The van der Waals surface area contributed by atoms with E-state index in [1.165, 1.54) is 29.3 Å². The van der Waals surface area contributed by atoms with E-state index in [1.54, 1.807) is 19.2 Å². The Hall–Kier alpha value is -4.21. The van der Waals surface area contributed by atoms with E-state index in [9.17, 15) is 22.8 Å². The Labute approximate surface area is 219 Å². The van der Waals surface area contributed by atoms with Gasteiger partial charge in [0.1, 0.15) is 11.3 Å². The van der Waals surface area contributed by atoms with Gasteiger partial charge in [-0.2, -0.15) is 28.2 Å². The average Bonchev–Trinajstić information content (AvgIpc) is 3.23. The first-order valence-corrected chi connectivity index (χ1v) is 11.6. The monoisotopic (exact) mass is 544 g/mol. The third kappa shape index (κ3) is 5.39. The molecule has 9 nitrogen and oxygen atoms in total. The number of carbonyl (C=O) groups excluding carboxylic acids is 2. The molecule has 0 fully saturated rings. The first-order valence-electron chi connectivity index (χ1n) is 11.2. The number of ether oxygens (including phenoxy) is 1. The number of halogens is 4. The lowest BCUT2D eigenvalue weighted by Gasteiger charge is -2.22. The number of fused-ring (bicyclic) bond motifs is 1. The standard InChI is InChI=1S/C25H20ClF3N6O3/c1-34(8-6-30)24(37)35-23-18(3-2-7-32-23)20(33-35)11-15-4-5-19(25(27,28)29)22(21(15)36)38-17-10-14(13-31)9-16(26)12-17/h2-5,7,9-10,12,15H,6,8,11,30H2,1H3. The summed E-state index contributed by atoms with van der Waals surface area (Å²) < 4.78 is 47.8. The van der Waals surface area contributed by atoms with Crippen LogP contribution in [0.4, 0.5) is 18.0 Å². The average molecular weight is 545 g/mol. The van der Waals surface area contributed by atoms with Crippen molar-refractivity contribution in [3.05, 3.63) is 76.3 Å². The van der Waals surface area contributed by atoms with Crippen LogP contribution in [0.1, 0.15) is 11.3 Å². The van der Waals surface area contributed by atoms with Crippen molar-refractivity contribution in [3.8, 4) is 11.8 Å². The van der Waals surface area contributed by atoms with Crippen LogP contribution in [0.3, 0.4) is 0 Å². The number of aromatic nitrogens is 3. The number of allylic oxidation sites excluding steroid dienone is 4. The molecule has 4 rings (SSSR count). The number of nitrogens with two attached hydrogens (primary N) is 1. The van der Waals surface area contributed by atoms with Crippen LogP contribution < -0.4 is 10.5 Å². The van der Waals surface area contributed by atoms with E-state index in [2.05, 4.69) is 10.1 Å². The van der Waals surface area contributed by atoms with Gasteiger partial charge in [0, 0.05) is 49.1 Å². The largest absolute Gasteiger partial charge is 0.453 e. The van der Waals surface area contributed by atoms with Crippen molar-refractivity contribution >= 4 is 34.4 Å². The molecule has 1 amide bonds. The smallest absolute Gasteiger partial charge is 0.420 e. The second-order valence-electron chi connectivity index (χ2n) is 8.39. The van der Waals surface area contributed by atoms with Crippen LogP contribution in [0.5, 0.6) is 5.75 Å². The van der Waals surface area contributed by atoms with Crippen molar-refractivity contribution in [3.63, 3.8) is 0 Å². The lowest BCUT2D eigenvalue weighted by atomic mass is 9.89. The van der Waals surface area contributed by atoms with Crippen LogP contribution in [-0.2, 0) is 11.2 Å². The van der Waals surface area contributed by atoms with Crippen LogP contribution in [-0.4, -0.2) is 57.8 Å². The summed E-state index contributed by atoms with van der Waals surface area (Å²) in [6, 6.07) is 8.28. The highest BCUT2D eigenvalue weighted by Gasteiger charge is 2.42. The zero-order valence-corrected chi connectivity index (χ0v) is 20.6. The van der Waals surface area contributed by atoms with Gasteiger partial charge < -0.3 is 15.4 Å². The van der Waals surface area contributed by atoms with Crippen LogP contribution in [0.2, 0.25) is 5.02 Å². The zero-order valence-electron chi connectivity index (χ0n) is 19.9. The summed E-state index contributed by atoms with van der Waals surface area (Å²) in [5, 5.41) is 14.0. The molecule has 0 spiro atoms. The van der Waals surface area contributed by atoms with E-state index >= 15 is 0 Å². The summed E-state index contributed by atoms with van der Waals surface area (Å²) in [6.45, 7) is 0.483. The van der Waals surface area contributed by atoms with Crippen molar-refractivity contribution in [2.45, 2.75) is 12.6 Å². The van der Waals surface area contributed by atoms with E-state index in [-0.39, 0.29) is 47.2 Å². The predicted molar refractivity (Wildman–Crippen MR) is 131 cm³/mol. The summed E-state index contributed by atoms with van der Waals surface area (Å²) in [4.78, 5) is 31.8. The Balaban J connectivity index is 1.70. The second kappa shape index (κ2) is 10.6. The van der Waals surface area contributed by atoms with Crippen LogP contribution in [0.15, 0.2) is 60.0 Å². The maximum Gasteiger partial charge on any atom is 0.420 e. The molecule has 2 aromatic heterocycles. The molecule has 0 bridgehead atoms. The Morgan fingerprint density at radius 3 is 2.79 bits per heavy atom. The van der Waals surface area contributed by atoms with Gasteiger partial charge in [-0.3, -0.25) is 4.79 Å². The van der Waals surface area contributed by atoms with Crippen LogP contribution >= 0.6 is 11.6 Å². The minimum atomic E-state index is -4.89. The van der Waals surface area contributed by atoms with Gasteiger partial charge in [-0.05, 0) is 36.4 Å². The number of alkyl halides is 3. The number of nitriles is 1. The highest BCUT2D eigenvalue weighted by Crippen LogP contribution is 2.36. The number of ketones is 1. The lowest BCUT2D eigenvalue weighted by molar-refractivity contribution is -0.122. The summed E-state index contributed by atoms with van der Waals surface area (Å²) in [7, 11) is 1.54. The molecule has 2 heterocycles. The molecule has 0 saturated carbocycles. The molecule has 1 unspecified atom stereocenters. The molecule has 0 aliphatic heterocycles. The Morgan fingerprint density at radius 1 is 1.34 bits per heavy atom. The first kappa shape index (κ1) is 26.8. The molecule has 1 aromatic carbocycles.